The van der Waals surface area contributed by atoms with E-state index in [1.165, 1.54) is 18.3 Å². The zero-order chi connectivity index (χ0) is 15.4. The second kappa shape index (κ2) is 6.08. The van der Waals surface area contributed by atoms with E-state index in [1.54, 1.807) is 19.1 Å². The van der Waals surface area contributed by atoms with Crippen LogP contribution < -0.4 is 5.32 Å². The minimum absolute atomic E-state index is 0.00745. The maximum atomic E-state index is 11.9. The fourth-order valence-electron chi connectivity index (χ4n) is 1.80. The van der Waals surface area contributed by atoms with Gasteiger partial charge in [-0.25, -0.2) is 4.79 Å². The van der Waals surface area contributed by atoms with Crippen LogP contribution in [0.5, 0.6) is 5.75 Å². The topological polar surface area (TPSA) is 113 Å². The molecule has 7 nitrogen and oxygen atoms in total. The normalized spacial score (nSPS) is 11.9. The Hall–Kier alpha value is -2.83. The highest BCUT2D eigenvalue weighted by Gasteiger charge is 2.24. The number of benzene rings is 1. The molecule has 2 aromatic rings. The highest BCUT2D eigenvalue weighted by atomic mass is 16.5. The second-order valence-corrected chi connectivity index (χ2v) is 4.57. The van der Waals surface area contributed by atoms with E-state index in [0.29, 0.717) is 11.1 Å². The molecule has 0 fully saturated rings. The number of hydrogen-bond acceptors (Lipinski definition) is 5. The summed E-state index contributed by atoms with van der Waals surface area (Å²) in [7, 11) is 0. The molecule has 0 saturated heterocycles. The summed E-state index contributed by atoms with van der Waals surface area (Å²) in [5, 5.41) is 24.3. The van der Waals surface area contributed by atoms with Crippen LogP contribution in [0.1, 0.15) is 21.7 Å². The van der Waals surface area contributed by atoms with Crippen LogP contribution in [0.2, 0.25) is 0 Å². The zero-order valence-electron chi connectivity index (χ0n) is 11.2. The number of carbonyl (C=O) groups is 2. The molecule has 2 rings (SSSR count). The van der Waals surface area contributed by atoms with Gasteiger partial charge in [-0.3, -0.25) is 4.79 Å². The number of aryl methyl sites for hydroxylation is 1. The van der Waals surface area contributed by atoms with Crippen LogP contribution in [0.25, 0.3) is 0 Å². The Morgan fingerprint density at radius 1 is 1.33 bits per heavy atom. The molecule has 0 saturated carbocycles. The summed E-state index contributed by atoms with van der Waals surface area (Å²) < 4.78 is 4.78. The molecule has 0 unspecified atom stereocenters. The van der Waals surface area contributed by atoms with Gasteiger partial charge in [0.25, 0.3) is 5.91 Å². The Morgan fingerprint density at radius 2 is 2.00 bits per heavy atom. The lowest BCUT2D eigenvalue weighted by molar-refractivity contribution is -0.139. The summed E-state index contributed by atoms with van der Waals surface area (Å²) in [4.78, 5) is 23.2. The number of hydrogen-bond donors (Lipinski definition) is 3. The van der Waals surface area contributed by atoms with Crippen LogP contribution in [0, 0.1) is 6.92 Å². The predicted octanol–water partition coefficient (Wildman–Crippen LogP) is 1.11. The highest BCUT2D eigenvalue weighted by Crippen LogP contribution is 2.12. The molecule has 110 valence electrons. The predicted molar refractivity (Wildman–Crippen MR) is 71.9 cm³/mol. The first-order valence-corrected chi connectivity index (χ1v) is 6.20. The number of phenolic OH excluding ortho intramolecular Hbond substituents is 1. The third-order valence-electron chi connectivity index (χ3n) is 2.93. The Morgan fingerprint density at radius 3 is 2.52 bits per heavy atom. The van der Waals surface area contributed by atoms with Gasteiger partial charge in [0.05, 0.1) is 6.20 Å². The fraction of sp³-hybridized carbons (Fsp3) is 0.214. The van der Waals surface area contributed by atoms with Gasteiger partial charge in [-0.05, 0) is 24.6 Å². The maximum absolute atomic E-state index is 11.9. The number of aliphatic carboxylic acids is 1. The Bertz CT molecular complexity index is 648. The molecule has 0 aliphatic carbocycles. The van der Waals surface area contributed by atoms with E-state index in [-0.39, 0.29) is 17.9 Å². The number of carboxylic acid groups (broad SMARTS) is 1. The number of nitrogens with zero attached hydrogens (tertiary/aromatic N) is 1. The Kier molecular flexibility index (Phi) is 4.22. The summed E-state index contributed by atoms with van der Waals surface area (Å²) in [6, 6.07) is 4.99. The van der Waals surface area contributed by atoms with E-state index in [0.717, 1.165) is 0 Å². The summed E-state index contributed by atoms with van der Waals surface area (Å²) in [6.45, 7) is 1.64. The average Bonchev–Trinajstić information content (AvgIpc) is 2.86. The van der Waals surface area contributed by atoms with Crippen molar-refractivity contribution in [2.45, 2.75) is 19.4 Å². The molecule has 1 heterocycles. The van der Waals surface area contributed by atoms with Gasteiger partial charge < -0.3 is 20.1 Å². The molecule has 3 N–H and O–H groups in total. The van der Waals surface area contributed by atoms with Crippen molar-refractivity contribution >= 4 is 11.9 Å². The van der Waals surface area contributed by atoms with Crippen molar-refractivity contribution in [2.75, 3.05) is 0 Å². The first-order valence-electron chi connectivity index (χ1n) is 6.20. The molecule has 1 aromatic heterocycles. The molecular weight excluding hydrogens is 276 g/mol. The molecule has 1 atom stereocenters. The summed E-state index contributed by atoms with van der Waals surface area (Å²) in [5.41, 5.74) is 1.20. The van der Waals surface area contributed by atoms with Gasteiger partial charge in [-0.15, -0.1) is 0 Å². The number of amides is 1. The van der Waals surface area contributed by atoms with E-state index >= 15 is 0 Å². The number of nitrogens with one attached hydrogen (secondary N) is 1. The standard InChI is InChI=1S/C14H14N2O5/c1-8-7-15-21-12(8)13(18)16-11(14(19)20)6-9-2-4-10(17)5-3-9/h2-5,7,11,17H,6H2,1H3,(H,16,18)(H,19,20)/t11-/m1/s1. The van der Waals surface area contributed by atoms with Gasteiger partial charge in [-0.2, -0.15) is 0 Å². The van der Waals surface area contributed by atoms with Crippen molar-refractivity contribution in [2.24, 2.45) is 0 Å². The van der Waals surface area contributed by atoms with Gasteiger partial charge >= 0.3 is 5.97 Å². The lowest BCUT2D eigenvalue weighted by Crippen LogP contribution is -2.42. The summed E-state index contributed by atoms with van der Waals surface area (Å²) >= 11 is 0. The van der Waals surface area contributed by atoms with Crippen LogP contribution in [-0.2, 0) is 11.2 Å². The SMILES string of the molecule is Cc1cnoc1C(=O)N[C@H](Cc1ccc(O)cc1)C(=O)O. The molecule has 1 amide bonds. The van der Waals surface area contributed by atoms with Crippen LogP contribution in [0.4, 0.5) is 0 Å². The van der Waals surface area contributed by atoms with Gasteiger partial charge in [-0.1, -0.05) is 17.3 Å². The first kappa shape index (κ1) is 14.6. The zero-order valence-corrected chi connectivity index (χ0v) is 11.2. The van der Waals surface area contributed by atoms with Crippen LogP contribution in [0.3, 0.4) is 0 Å². The van der Waals surface area contributed by atoms with E-state index in [9.17, 15) is 19.8 Å². The molecule has 0 bridgehead atoms. The third-order valence-corrected chi connectivity index (χ3v) is 2.93. The third kappa shape index (κ3) is 3.59. The van der Waals surface area contributed by atoms with Gasteiger partial charge in [0.2, 0.25) is 5.76 Å². The van der Waals surface area contributed by atoms with Crippen molar-refractivity contribution in [1.82, 2.24) is 10.5 Å². The van der Waals surface area contributed by atoms with E-state index < -0.39 is 17.9 Å². The number of carboxylic acids is 1. The molecule has 0 aliphatic rings. The minimum Gasteiger partial charge on any atom is -0.508 e. The smallest absolute Gasteiger partial charge is 0.326 e. The van der Waals surface area contributed by atoms with Crippen molar-refractivity contribution < 1.29 is 24.3 Å². The van der Waals surface area contributed by atoms with Gasteiger partial charge in [0, 0.05) is 12.0 Å². The number of rotatable bonds is 5. The molecule has 1 aromatic carbocycles. The molecule has 0 aliphatic heterocycles. The molecule has 21 heavy (non-hydrogen) atoms. The van der Waals surface area contributed by atoms with Crippen LogP contribution in [0.15, 0.2) is 35.0 Å². The van der Waals surface area contributed by atoms with E-state index in [4.69, 9.17) is 4.52 Å². The average molecular weight is 290 g/mol. The summed E-state index contributed by atoms with van der Waals surface area (Å²) in [5.74, 6) is -1.70. The largest absolute Gasteiger partial charge is 0.508 e. The molecule has 0 spiro atoms. The lowest BCUT2D eigenvalue weighted by atomic mass is 10.1. The lowest BCUT2D eigenvalue weighted by Gasteiger charge is -2.13. The van der Waals surface area contributed by atoms with E-state index in [2.05, 4.69) is 10.5 Å². The Balaban J connectivity index is 2.09. The number of carbonyl (C=O) groups excluding carboxylic acids is 1. The Labute approximate surface area is 120 Å². The quantitative estimate of drug-likeness (QED) is 0.760. The molecular formula is C14H14N2O5. The minimum atomic E-state index is -1.16. The van der Waals surface area contributed by atoms with Crippen molar-refractivity contribution in [3.63, 3.8) is 0 Å². The second-order valence-electron chi connectivity index (χ2n) is 4.57. The highest BCUT2D eigenvalue weighted by molar-refractivity contribution is 5.95. The molecule has 0 radical (unpaired) electrons. The number of aromatic hydroxyl groups is 1. The number of aromatic nitrogens is 1. The van der Waals surface area contributed by atoms with Crippen molar-refractivity contribution in [3.8, 4) is 5.75 Å². The molecule has 7 heteroatoms. The van der Waals surface area contributed by atoms with E-state index in [1.807, 2.05) is 0 Å². The maximum Gasteiger partial charge on any atom is 0.326 e. The number of phenols is 1. The van der Waals surface area contributed by atoms with Crippen LogP contribution >= 0.6 is 0 Å². The first-order chi connectivity index (χ1) is 9.97. The van der Waals surface area contributed by atoms with Crippen LogP contribution in [-0.4, -0.2) is 33.3 Å². The van der Waals surface area contributed by atoms with Gasteiger partial charge in [0.1, 0.15) is 11.8 Å². The van der Waals surface area contributed by atoms with Gasteiger partial charge in [0.15, 0.2) is 0 Å². The monoisotopic (exact) mass is 290 g/mol. The van der Waals surface area contributed by atoms with Crippen molar-refractivity contribution in [1.29, 1.82) is 0 Å². The fourth-order valence-corrected chi connectivity index (χ4v) is 1.80. The summed E-state index contributed by atoms with van der Waals surface area (Å²) in [6.07, 6.45) is 1.47. The van der Waals surface area contributed by atoms with Crippen molar-refractivity contribution in [3.05, 3.63) is 47.3 Å².